The van der Waals surface area contributed by atoms with Crippen molar-refractivity contribution in [3.63, 3.8) is 0 Å². The zero-order valence-corrected chi connectivity index (χ0v) is 14.2. The number of ether oxygens (including phenoxy) is 1. The zero-order valence-electron chi connectivity index (χ0n) is 14.2. The summed E-state index contributed by atoms with van der Waals surface area (Å²) in [6.07, 6.45) is 2.45. The van der Waals surface area contributed by atoms with Gasteiger partial charge < -0.3 is 9.84 Å². The van der Waals surface area contributed by atoms with E-state index < -0.39 is 11.9 Å². The van der Waals surface area contributed by atoms with Crippen molar-refractivity contribution in [1.82, 2.24) is 0 Å². The highest BCUT2D eigenvalue weighted by atomic mass is 16.5. The van der Waals surface area contributed by atoms with Gasteiger partial charge in [0, 0.05) is 0 Å². The van der Waals surface area contributed by atoms with Crippen LogP contribution >= 0.6 is 0 Å². The number of unbranched alkanes of at least 4 members (excludes halogenated alkanes) is 1. The number of aromatic carboxylic acids is 1. The van der Waals surface area contributed by atoms with E-state index in [2.05, 4.69) is 20.8 Å². The standard InChI is InChI=1S/C18H26O4/c1-6-7-10-22-17(21)14-9-8-13(11-18(3,4)5)12(2)15(14)16(19)20/h8-9H,6-7,10-11H2,1-5H3,(H,19,20). The Morgan fingerprint density at radius 1 is 1.23 bits per heavy atom. The van der Waals surface area contributed by atoms with Gasteiger partial charge in [0.25, 0.3) is 0 Å². The van der Waals surface area contributed by atoms with Crippen molar-refractivity contribution in [2.45, 2.75) is 53.9 Å². The molecule has 0 saturated heterocycles. The lowest BCUT2D eigenvalue weighted by Gasteiger charge is -2.21. The number of esters is 1. The molecule has 0 atom stereocenters. The second-order valence-corrected chi connectivity index (χ2v) is 6.80. The molecule has 0 bridgehead atoms. The van der Waals surface area contributed by atoms with Crippen molar-refractivity contribution in [2.24, 2.45) is 5.41 Å². The lowest BCUT2D eigenvalue weighted by atomic mass is 9.84. The van der Waals surface area contributed by atoms with E-state index in [1.807, 2.05) is 13.0 Å². The highest BCUT2D eigenvalue weighted by Gasteiger charge is 2.23. The van der Waals surface area contributed by atoms with Crippen molar-refractivity contribution in [1.29, 1.82) is 0 Å². The molecule has 0 aromatic heterocycles. The molecule has 0 aliphatic carbocycles. The first-order valence-corrected chi connectivity index (χ1v) is 7.70. The number of carboxylic acids is 1. The van der Waals surface area contributed by atoms with Gasteiger partial charge in [0.2, 0.25) is 0 Å². The maximum Gasteiger partial charge on any atom is 0.339 e. The topological polar surface area (TPSA) is 63.6 Å². The van der Waals surface area contributed by atoms with E-state index in [9.17, 15) is 14.7 Å². The van der Waals surface area contributed by atoms with Gasteiger partial charge in [-0.3, -0.25) is 0 Å². The Morgan fingerprint density at radius 3 is 2.36 bits per heavy atom. The quantitative estimate of drug-likeness (QED) is 0.630. The molecule has 1 N–H and O–H groups in total. The Hall–Kier alpha value is -1.84. The Morgan fingerprint density at radius 2 is 1.86 bits per heavy atom. The van der Waals surface area contributed by atoms with Crippen molar-refractivity contribution >= 4 is 11.9 Å². The highest BCUT2D eigenvalue weighted by molar-refractivity contribution is 6.03. The van der Waals surface area contributed by atoms with Crippen molar-refractivity contribution in [2.75, 3.05) is 6.61 Å². The lowest BCUT2D eigenvalue weighted by Crippen LogP contribution is -2.17. The zero-order chi connectivity index (χ0) is 16.9. The van der Waals surface area contributed by atoms with Gasteiger partial charge >= 0.3 is 11.9 Å². The maximum atomic E-state index is 12.1. The van der Waals surface area contributed by atoms with Crippen LogP contribution in [0, 0.1) is 12.3 Å². The van der Waals surface area contributed by atoms with Crippen LogP contribution in [0.15, 0.2) is 12.1 Å². The lowest BCUT2D eigenvalue weighted by molar-refractivity contribution is 0.0489. The molecule has 0 saturated carbocycles. The predicted molar refractivity (Wildman–Crippen MR) is 86.5 cm³/mol. The monoisotopic (exact) mass is 306 g/mol. The molecule has 0 unspecified atom stereocenters. The van der Waals surface area contributed by atoms with E-state index in [1.54, 1.807) is 13.0 Å². The molecule has 0 spiro atoms. The van der Waals surface area contributed by atoms with Crippen LogP contribution in [0.1, 0.15) is 72.4 Å². The summed E-state index contributed by atoms with van der Waals surface area (Å²) in [5.74, 6) is -1.65. The molecule has 1 rings (SSSR count). The normalized spacial score (nSPS) is 11.3. The molecule has 4 heteroatoms. The second kappa shape index (κ2) is 7.43. The molecule has 1 aromatic carbocycles. The highest BCUT2D eigenvalue weighted by Crippen LogP contribution is 2.27. The second-order valence-electron chi connectivity index (χ2n) is 6.80. The molecule has 1 aromatic rings. The summed E-state index contributed by atoms with van der Waals surface area (Å²) >= 11 is 0. The fourth-order valence-electron chi connectivity index (χ4n) is 2.35. The maximum absolute atomic E-state index is 12.1. The van der Waals surface area contributed by atoms with Gasteiger partial charge in [0.1, 0.15) is 0 Å². The molecule has 0 aliphatic heterocycles. The third kappa shape index (κ3) is 4.86. The van der Waals surface area contributed by atoms with Gasteiger partial charge in [0.15, 0.2) is 0 Å². The Labute approximate surface area is 132 Å². The van der Waals surface area contributed by atoms with Gasteiger partial charge in [-0.25, -0.2) is 9.59 Å². The van der Waals surface area contributed by atoms with E-state index in [4.69, 9.17) is 4.74 Å². The fraction of sp³-hybridized carbons (Fsp3) is 0.556. The average Bonchev–Trinajstić information content (AvgIpc) is 2.39. The first kappa shape index (κ1) is 18.2. The minimum absolute atomic E-state index is 0.0453. The van der Waals surface area contributed by atoms with Crippen LogP contribution in [0.2, 0.25) is 0 Å². The SMILES string of the molecule is CCCCOC(=O)c1ccc(CC(C)(C)C)c(C)c1C(=O)O. The summed E-state index contributed by atoms with van der Waals surface area (Å²) in [6.45, 7) is 10.4. The number of carbonyl (C=O) groups is 2. The van der Waals surface area contributed by atoms with E-state index in [0.29, 0.717) is 12.2 Å². The Kier molecular flexibility index (Phi) is 6.15. The van der Waals surface area contributed by atoms with Crippen molar-refractivity contribution in [3.05, 3.63) is 34.4 Å². The number of benzene rings is 1. The number of hydrogen-bond donors (Lipinski definition) is 1. The van der Waals surface area contributed by atoms with Crippen LogP contribution in [-0.4, -0.2) is 23.7 Å². The predicted octanol–water partition coefficient (Wildman–Crippen LogP) is 4.24. The van der Waals surface area contributed by atoms with Crippen molar-refractivity contribution in [3.8, 4) is 0 Å². The van der Waals surface area contributed by atoms with E-state index in [-0.39, 0.29) is 16.5 Å². The average molecular weight is 306 g/mol. The summed E-state index contributed by atoms with van der Waals surface area (Å²) < 4.78 is 5.15. The van der Waals surface area contributed by atoms with Crippen LogP contribution in [0.25, 0.3) is 0 Å². The van der Waals surface area contributed by atoms with Crippen LogP contribution in [0.4, 0.5) is 0 Å². The van der Waals surface area contributed by atoms with Gasteiger partial charge in [-0.15, -0.1) is 0 Å². The molecular weight excluding hydrogens is 280 g/mol. The molecule has 0 amide bonds. The summed E-state index contributed by atoms with van der Waals surface area (Å²) in [4.78, 5) is 23.7. The fourth-order valence-corrected chi connectivity index (χ4v) is 2.35. The molecular formula is C18H26O4. The van der Waals surface area contributed by atoms with Crippen LogP contribution < -0.4 is 0 Å². The van der Waals surface area contributed by atoms with E-state index in [0.717, 1.165) is 24.8 Å². The first-order valence-electron chi connectivity index (χ1n) is 7.70. The third-order valence-electron chi connectivity index (χ3n) is 3.46. The summed E-state index contributed by atoms with van der Waals surface area (Å²) in [5, 5.41) is 9.48. The largest absolute Gasteiger partial charge is 0.478 e. The Balaban J connectivity index is 3.17. The number of carboxylic acid groups (broad SMARTS) is 1. The number of rotatable bonds is 6. The molecule has 0 fully saturated rings. The first-order chi connectivity index (χ1) is 10.2. The van der Waals surface area contributed by atoms with Crippen molar-refractivity contribution < 1.29 is 19.4 Å². The minimum Gasteiger partial charge on any atom is -0.478 e. The van der Waals surface area contributed by atoms with E-state index in [1.165, 1.54) is 0 Å². The molecule has 22 heavy (non-hydrogen) atoms. The van der Waals surface area contributed by atoms with Crippen LogP contribution in [0.3, 0.4) is 0 Å². The van der Waals surface area contributed by atoms with Gasteiger partial charge in [-0.1, -0.05) is 40.2 Å². The third-order valence-corrected chi connectivity index (χ3v) is 3.46. The van der Waals surface area contributed by atoms with Crippen LogP contribution in [-0.2, 0) is 11.2 Å². The van der Waals surface area contributed by atoms with Gasteiger partial charge in [-0.05, 0) is 42.4 Å². The summed E-state index contributed by atoms with van der Waals surface area (Å²) in [7, 11) is 0. The molecule has 122 valence electrons. The van der Waals surface area contributed by atoms with Gasteiger partial charge in [0.05, 0.1) is 17.7 Å². The molecule has 0 heterocycles. The van der Waals surface area contributed by atoms with E-state index >= 15 is 0 Å². The van der Waals surface area contributed by atoms with Gasteiger partial charge in [-0.2, -0.15) is 0 Å². The number of carbonyl (C=O) groups excluding carboxylic acids is 1. The molecule has 4 nitrogen and oxygen atoms in total. The van der Waals surface area contributed by atoms with Crippen LogP contribution in [0.5, 0.6) is 0 Å². The summed E-state index contributed by atoms with van der Waals surface area (Å²) in [5.41, 5.74) is 1.84. The summed E-state index contributed by atoms with van der Waals surface area (Å²) in [6, 6.07) is 3.41. The number of hydrogen-bond acceptors (Lipinski definition) is 3. The molecule has 0 aliphatic rings. The smallest absolute Gasteiger partial charge is 0.339 e. The Bertz CT molecular complexity index is 553. The minimum atomic E-state index is -1.09. The molecule has 0 radical (unpaired) electrons.